The minimum Gasteiger partial charge on any atom is -0.487 e. The highest BCUT2D eigenvalue weighted by Crippen LogP contribution is 2.38. The first-order valence-corrected chi connectivity index (χ1v) is 10.3. The lowest BCUT2D eigenvalue weighted by Gasteiger charge is -2.14. The number of carbonyl (C=O) groups excluding carboxylic acids is 1. The van der Waals surface area contributed by atoms with Crippen LogP contribution < -0.4 is 10.1 Å². The zero-order chi connectivity index (χ0) is 21.4. The Morgan fingerprint density at radius 3 is 2.81 bits per heavy atom. The topological polar surface area (TPSA) is 77.0 Å². The van der Waals surface area contributed by atoms with E-state index in [0.29, 0.717) is 12.1 Å². The minimum atomic E-state index is -0.124. The van der Waals surface area contributed by atoms with E-state index in [0.717, 1.165) is 51.0 Å². The van der Waals surface area contributed by atoms with Gasteiger partial charge in [0.15, 0.2) is 0 Å². The molecule has 0 fully saturated rings. The van der Waals surface area contributed by atoms with Gasteiger partial charge in [-0.15, -0.1) is 0 Å². The maximum Gasteiger partial charge on any atom is 0.252 e. The molecule has 0 radical (unpaired) electrons. The summed E-state index contributed by atoms with van der Waals surface area (Å²) in [6.07, 6.45) is 5.69. The summed E-state index contributed by atoms with van der Waals surface area (Å²) in [6, 6.07) is 13.9. The first-order valence-electron chi connectivity index (χ1n) is 10.3. The molecule has 0 unspecified atom stereocenters. The average Bonchev–Trinajstić information content (AvgIpc) is 3.21. The molecule has 6 heteroatoms. The fourth-order valence-corrected chi connectivity index (χ4v) is 4.08. The van der Waals surface area contributed by atoms with Gasteiger partial charge in [0.1, 0.15) is 18.2 Å². The highest BCUT2D eigenvalue weighted by molar-refractivity contribution is 6.06. The van der Waals surface area contributed by atoms with Crippen LogP contribution in [0, 0.1) is 13.8 Å². The lowest BCUT2D eigenvalue weighted by molar-refractivity contribution is 0.0935. The van der Waals surface area contributed by atoms with E-state index in [1.54, 1.807) is 12.4 Å². The molecule has 0 aliphatic carbocycles. The van der Waals surface area contributed by atoms with Crippen LogP contribution in [0.4, 0.5) is 0 Å². The van der Waals surface area contributed by atoms with Crippen molar-refractivity contribution < 1.29 is 9.53 Å². The number of nitrogens with zero attached hydrogens (tertiary/aromatic N) is 3. The molecule has 31 heavy (non-hydrogen) atoms. The van der Waals surface area contributed by atoms with Gasteiger partial charge >= 0.3 is 0 Å². The summed E-state index contributed by atoms with van der Waals surface area (Å²) in [5, 5.41) is 3.92. The smallest absolute Gasteiger partial charge is 0.252 e. The van der Waals surface area contributed by atoms with Crippen molar-refractivity contribution in [3.8, 4) is 16.9 Å². The molecule has 5 rings (SSSR count). The first-order chi connectivity index (χ1) is 15.1. The number of aromatic nitrogens is 3. The van der Waals surface area contributed by atoms with E-state index in [1.165, 1.54) is 6.33 Å². The molecule has 1 aliphatic rings. The first kappa shape index (κ1) is 19.2. The monoisotopic (exact) mass is 410 g/mol. The molecule has 3 heterocycles. The Labute approximate surface area is 180 Å². The van der Waals surface area contributed by atoms with Crippen LogP contribution in [0.5, 0.6) is 5.75 Å². The largest absolute Gasteiger partial charge is 0.487 e. The summed E-state index contributed by atoms with van der Waals surface area (Å²) in [5.41, 5.74) is 6.40. The minimum absolute atomic E-state index is 0.114. The molecule has 6 nitrogen and oxygen atoms in total. The van der Waals surface area contributed by atoms with Crippen molar-refractivity contribution in [2.24, 2.45) is 0 Å². The van der Waals surface area contributed by atoms with Crippen molar-refractivity contribution in [3.05, 3.63) is 83.6 Å². The number of ether oxygens (including phenoxy) is 1. The number of carbonyl (C=O) groups is 1. The summed E-state index contributed by atoms with van der Waals surface area (Å²) >= 11 is 0. The third-order valence-corrected chi connectivity index (χ3v) is 5.53. The molecule has 0 saturated carbocycles. The number of pyridine rings is 1. The lowest BCUT2D eigenvalue weighted by atomic mass is 10.0. The van der Waals surface area contributed by atoms with Crippen LogP contribution in [-0.4, -0.2) is 33.5 Å². The van der Waals surface area contributed by atoms with Crippen LogP contribution in [0.25, 0.3) is 22.0 Å². The number of hydrogen-bond acceptors (Lipinski definition) is 5. The molecule has 1 atom stereocenters. The summed E-state index contributed by atoms with van der Waals surface area (Å²) in [4.78, 5) is 25.8. The molecule has 0 spiro atoms. The standard InChI is InChI=1S/C25H22N4O2/c1-15-6-7-23-21(8-15)22(9-16(2)29-23)25(30)28-13-19-10-17-4-3-5-20(24(17)31-19)18-11-26-14-27-12-18/h3-9,11-12,14,19H,10,13H2,1-2H3,(H,28,30)/t19-/m0/s1. The quantitative estimate of drug-likeness (QED) is 0.549. The highest BCUT2D eigenvalue weighted by Gasteiger charge is 2.26. The van der Waals surface area contributed by atoms with Gasteiger partial charge in [0.2, 0.25) is 0 Å². The van der Waals surface area contributed by atoms with Crippen LogP contribution in [0.1, 0.15) is 27.2 Å². The molecule has 0 bridgehead atoms. The van der Waals surface area contributed by atoms with Crippen LogP contribution in [-0.2, 0) is 6.42 Å². The van der Waals surface area contributed by atoms with Gasteiger partial charge in [0.25, 0.3) is 5.91 Å². The van der Waals surface area contributed by atoms with Crippen molar-refractivity contribution in [2.75, 3.05) is 6.54 Å². The normalized spacial score (nSPS) is 14.8. The summed E-state index contributed by atoms with van der Waals surface area (Å²) in [7, 11) is 0. The van der Waals surface area contributed by atoms with Crippen molar-refractivity contribution in [3.63, 3.8) is 0 Å². The van der Waals surface area contributed by atoms with Gasteiger partial charge in [0, 0.05) is 41.0 Å². The van der Waals surface area contributed by atoms with E-state index < -0.39 is 0 Å². The van der Waals surface area contributed by atoms with Gasteiger partial charge in [-0.05, 0) is 37.6 Å². The van der Waals surface area contributed by atoms with E-state index in [4.69, 9.17) is 4.74 Å². The number of rotatable bonds is 4. The van der Waals surface area contributed by atoms with Crippen molar-refractivity contribution in [1.29, 1.82) is 0 Å². The summed E-state index contributed by atoms with van der Waals surface area (Å²) < 4.78 is 6.23. The van der Waals surface area contributed by atoms with Crippen LogP contribution in [0.2, 0.25) is 0 Å². The number of amides is 1. The van der Waals surface area contributed by atoms with Gasteiger partial charge in [-0.2, -0.15) is 0 Å². The molecule has 0 saturated heterocycles. The Hall–Kier alpha value is -3.80. The summed E-state index contributed by atoms with van der Waals surface area (Å²) in [5.74, 6) is 0.731. The molecule has 2 aromatic heterocycles. The Morgan fingerprint density at radius 1 is 1.13 bits per heavy atom. The second-order valence-corrected chi connectivity index (χ2v) is 7.91. The maximum atomic E-state index is 13.0. The number of nitrogens with one attached hydrogen (secondary N) is 1. The van der Waals surface area contributed by atoms with E-state index in [9.17, 15) is 4.79 Å². The molecule has 154 valence electrons. The van der Waals surface area contributed by atoms with E-state index in [-0.39, 0.29) is 12.0 Å². The predicted octanol–water partition coefficient (Wildman–Crippen LogP) is 4.04. The average molecular weight is 410 g/mol. The van der Waals surface area contributed by atoms with E-state index >= 15 is 0 Å². The zero-order valence-electron chi connectivity index (χ0n) is 17.4. The second-order valence-electron chi connectivity index (χ2n) is 7.91. The van der Waals surface area contributed by atoms with Gasteiger partial charge in [-0.1, -0.05) is 29.8 Å². The van der Waals surface area contributed by atoms with Crippen LogP contribution >= 0.6 is 0 Å². The van der Waals surface area contributed by atoms with Crippen molar-refractivity contribution in [2.45, 2.75) is 26.4 Å². The number of fused-ring (bicyclic) bond motifs is 2. The van der Waals surface area contributed by atoms with E-state index in [2.05, 4.69) is 26.3 Å². The third kappa shape index (κ3) is 3.72. The Bertz CT molecular complexity index is 1290. The number of hydrogen-bond donors (Lipinski definition) is 1. The SMILES string of the molecule is Cc1ccc2nc(C)cc(C(=O)NC[C@@H]3Cc4cccc(-c5cncnc5)c4O3)c2c1. The van der Waals surface area contributed by atoms with Gasteiger partial charge in [-0.25, -0.2) is 9.97 Å². The van der Waals surface area contributed by atoms with Crippen LogP contribution in [0.3, 0.4) is 0 Å². The Balaban J connectivity index is 1.34. The molecular weight excluding hydrogens is 388 g/mol. The van der Waals surface area contributed by atoms with Gasteiger partial charge in [0.05, 0.1) is 17.6 Å². The van der Waals surface area contributed by atoms with E-state index in [1.807, 2.05) is 50.2 Å². The van der Waals surface area contributed by atoms with Crippen molar-refractivity contribution in [1.82, 2.24) is 20.3 Å². The Kier molecular flexibility index (Phi) is 4.82. The molecule has 1 aliphatic heterocycles. The number of aryl methyl sites for hydroxylation is 2. The molecule has 1 amide bonds. The van der Waals surface area contributed by atoms with Gasteiger partial charge < -0.3 is 10.1 Å². The highest BCUT2D eigenvalue weighted by atomic mass is 16.5. The lowest BCUT2D eigenvalue weighted by Crippen LogP contribution is -2.34. The number of benzene rings is 2. The fraction of sp³-hybridized carbons (Fsp3) is 0.200. The molecule has 2 aromatic carbocycles. The predicted molar refractivity (Wildman–Crippen MR) is 119 cm³/mol. The van der Waals surface area contributed by atoms with Crippen LogP contribution in [0.15, 0.2) is 61.2 Å². The molecule has 1 N–H and O–H groups in total. The van der Waals surface area contributed by atoms with Crippen molar-refractivity contribution >= 4 is 16.8 Å². The maximum absolute atomic E-state index is 13.0. The zero-order valence-corrected chi connectivity index (χ0v) is 17.4. The molecule has 4 aromatic rings. The second kappa shape index (κ2) is 7.80. The third-order valence-electron chi connectivity index (χ3n) is 5.53. The fourth-order valence-electron chi connectivity index (χ4n) is 4.08. The number of para-hydroxylation sites is 1. The summed E-state index contributed by atoms with van der Waals surface area (Å²) in [6.45, 7) is 4.34. The Morgan fingerprint density at radius 2 is 1.97 bits per heavy atom. The molecular formula is C25H22N4O2. The van der Waals surface area contributed by atoms with Gasteiger partial charge in [-0.3, -0.25) is 9.78 Å².